The molecule has 7 atom stereocenters. The second-order valence-electron chi connectivity index (χ2n) is 24.0. The van der Waals surface area contributed by atoms with Gasteiger partial charge >= 0.3 is 5.97 Å². The number of carbonyl (C=O) groups is 3. The molecule has 398 valence electrons. The van der Waals surface area contributed by atoms with Gasteiger partial charge in [-0.15, -0.1) is 0 Å². The first-order chi connectivity index (χ1) is 35.4. The van der Waals surface area contributed by atoms with Crippen LogP contribution in [-0.4, -0.2) is 165 Å². The van der Waals surface area contributed by atoms with Crippen molar-refractivity contribution in [3.05, 3.63) is 41.7 Å². The molecule has 1 aliphatic carbocycles. The maximum atomic E-state index is 15.0. The summed E-state index contributed by atoms with van der Waals surface area (Å²) in [6.45, 7) is 19.9. The molecule has 0 unspecified atom stereocenters. The van der Waals surface area contributed by atoms with Crippen molar-refractivity contribution >= 4 is 40.1 Å². The Bertz CT molecular complexity index is 2480. The van der Waals surface area contributed by atoms with Gasteiger partial charge < -0.3 is 39.2 Å². The summed E-state index contributed by atoms with van der Waals surface area (Å²) in [5.74, 6) is -0.392. The maximum Gasteiger partial charge on any atom is 0.324 e. The molecule has 8 aliphatic rings. The summed E-state index contributed by atoms with van der Waals surface area (Å²) >= 11 is 0. The normalized spacial score (nSPS) is 29.6. The number of piperazine rings is 1. The minimum atomic E-state index is -0.846. The molecule has 11 rings (SSSR count). The number of morpholine rings is 1. The summed E-state index contributed by atoms with van der Waals surface area (Å²) in [6, 6.07) is 7.98. The van der Waals surface area contributed by atoms with E-state index in [-0.39, 0.29) is 54.0 Å². The highest BCUT2D eigenvalue weighted by Gasteiger charge is 2.47. The van der Waals surface area contributed by atoms with E-state index in [1.165, 1.54) is 31.4 Å². The van der Waals surface area contributed by atoms with Crippen LogP contribution in [0, 0.1) is 16.7 Å². The van der Waals surface area contributed by atoms with Crippen LogP contribution in [-0.2, 0) is 41.6 Å². The van der Waals surface area contributed by atoms with Crippen molar-refractivity contribution in [3.63, 3.8) is 0 Å². The number of cyclic esters (lactones) is 1. The zero-order valence-electron chi connectivity index (χ0n) is 44.6. The van der Waals surface area contributed by atoms with E-state index in [1.54, 1.807) is 12.1 Å². The Morgan fingerprint density at radius 1 is 0.945 bits per heavy atom. The summed E-state index contributed by atoms with van der Waals surface area (Å²) in [5, 5.41) is 9.73. The molecule has 0 radical (unpaired) electrons. The number of benzene rings is 1. The van der Waals surface area contributed by atoms with Gasteiger partial charge in [0.15, 0.2) is 0 Å². The van der Waals surface area contributed by atoms with Gasteiger partial charge in [-0.05, 0) is 132 Å². The molecule has 6 bridgehead atoms. The topological polar surface area (TPSA) is 149 Å². The standard InChI is InChI=1S/C57H84N10O6/c1-6-66-49-17-16-40-28-44(49)46(52(66)45-29-42(32-59-50(45)38(2)71-5)63-25-24-62-21-10-9-14-41(62)33-63)31-56(3,4)37-73-55(70)47-15-11-22-67(61-47)54(69)48(30-43-34-64(40)26-27-72-43)60-53(68)51(39-12-7-8-13-39)65-23-19-57(36-65)18-20-58-35-57/h16-17,28-29,32,38-39,41,43,47-48,51,58,61H,6-15,18-27,30-31,33-37H2,1-5H3,(H,60,68)/t38-,41+,43-,47-,48-,51-,57-/m0/s1. The third kappa shape index (κ3) is 10.4. The van der Waals surface area contributed by atoms with Crippen LogP contribution in [0.25, 0.3) is 22.2 Å². The van der Waals surface area contributed by atoms with Crippen molar-refractivity contribution in [2.45, 2.75) is 154 Å². The number of piperidine rings is 1. The van der Waals surface area contributed by atoms with Crippen LogP contribution in [0.4, 0.5) is 11.4 Å². The first kappa shape index (κ1) is 50.8. The molecule has 3 N–H and O–H groups in total. The third-order valence-corrected chi connectivity index (χ3v) is 18.5. The van der Waals surface area contributed by atoms with E-state index in [0.29, 0.717) is 58.0 Å². The monoisotopic (exact) mass is 1000 g/mol. The summed E-state index contributed by atoms with van der Waals surface area (Å²) < 4.78 is 21.4. The van der Waals surface area contributed by atoms with E-state index in [0.717, 1.165) is 130 Å². The lowest BCUT2D eigenvalue weighted by molar-refractivity contribution is -0.156. The number of nitrogens with one attached hydrogen (secondary N) is 3. The van der Waals surface area contributed by atoms with E-state index in [1.807, 2.05) is 0 Å². The van der Waals surface area contributed by atoms with Gasteiger partial charge in [0.1, 0.15) is 12.1 Å². The first-order valence-corrected chi connectivity index (χ1v) is 28.4. The van der Waals surface area contributed by atoms with Gasteiger partial charge in [-0.1, -0.05) is 33.1 Å². The Hall–Kier alpha value is -4.32. The number of rotatable bonds is 9. The number of ether oxygens (including phenoxy) is 3. The van der Waals surface area contributed by atoms with E-state index < -0.39 is 17.5 Å². The number of fused-ring (bicyclic) bond motifs is 7. The molecule has 1 spiro atoms. The number of anilines is 2. The molecular weight excluding hydrogens is 921 g/mol. The summed E-state index contributed by atoms with van der Waals surface area (Å²) in [5.41, 5.74) is 10.7. The number of aromatic nitrogens is 2. The number of nitrogens with zero attached hydrogens (tertiary/aromatic N) is 7. The SMILES string of the molecule is CCn1c(-c2cc(N3CCN4CCCC[C@@H]4C3)cnc2[C@H](C)OC)c2c3cc(ccc31)N1CCO[C@@H](C[C@H](NC(=O)[C@H](C3CCCC3)N3CC[C@]4(CCNC4)C3)C(=O)N3CCC[C@H](N3)C(=O)OCC(C)(C)C2)C1. The number of hydrogen-bond acceptors (Lipinski definition) is 13. The average Bonchev–Trinajstić information content (AvgIpc) is 4.25. The van der Waals surface area contributed by atoms with Crippen LogP contribution in [0.3, 0.4) is 0 Å². The highest BCUT2D eigenvalue weighted by molar-refractivity contribution is 5.95. The second-order valence-corrected chi connectivity index (χ2v) is 24.0. The van der Waals surface area contributed by atoms with Crippen molar-refractivity contribution in [1.29, 1.82) is 0 Å². The fourth-order valence-corrected chi connectivity index (χ4v) is 14.4. The highest BCUT2D eigenvalue weighted by atomic mass is 16.5. The van der Waals surface area contributed by atoms with Gasteiger partial charge in [-0.3, -0.25) is 34.2 Å². The van der Waals surface area contributed by atoms with E-state index >= 15 is 4.79 Å². The molecule has 2 amide bonds. The number of carbonyl (C=O) groups excluding carboxylic acids is 3. The smallest absolute Gasteiger partial charge is 0.324 e. The Labute approximate surface area is 433 Å². The van der Waals surface area contributed by atoms with Crippen molar-refractivity contribution in [2.75, 3.05) is 102 Å². The molecular formula is C57H84N10O6. The van der Waals surface area contributed by atoms with Crippen LogP contribution < -0.4 is 25.9 Å². The first-order valence-electron chi connectivity index (χ1n) is 28.4. The number of hydrazine groups is 1. The van der Waals surface area contributed by atoms with Gasteiger partial charge in [0.2, 0.25) is 5.91 Å². The van der Waals surface area contributed by atoms with Crippen molar-refractivity contribution < 1.29 is 28.6 Å². The number of hydrogen-bond donors (Lipinski definition) is 3. The minimum Gasteiger partial charge on any atom is -0.464 e. The molecule has 7 aliphatic heterocycles. The van der Waals surface area contributed by atoms with Crippen LogP contribution in [0.15, 0.2) is 30.5 Å². The Balaban J connectivity index is 0.956. The number of amides is 2. The number of likely N-dealkylation sites (tertiary alicyclic amines) is 1. The zero-order chi connectivity index (χ0) is 50.4. The van der Waals surface area contributed by atoms with Crippen molar-refractivity contribution in [2.24, 2.45) is 16.7 Å². The Morgan fingerprint density at radius 3 is 2.59 bits per heavy atom. The van der Waals surface area contributed by atoms with Gasteiger partial charge in [0.05, 0.1) is 54.7 Å². The van der Waals surface area contributed by atoms with Gasteiger partial charge in [-0.2, -0.15) is 0 Å². The molecule has 2 aromatic heterocycles. The van der Waals surface area contributed by atoms with Crippen LogP contribution >= 0.6 is 0 Å². The van der Waals surface area contributed by atoms with Crippen LogP contribution in [0.1, 0.15) is 122 Å². The number of pyridine rings is 1. The Kier molecular flexibility index (Phi) is 14.9. The number of aryl methyl sites for hydroxylation is 1. The number of esters is 1. The second kappa shape index (κ2) is 21.4. The molecule has 1 saturated carbocycles. The molecule has 6 saturated heterocycles. The minimum absolute atomic E-state index is 0.0527. The third-order valence-electron chi connectivity index (χ3n) is 18.5. The molecule has 9 heterocycles. The van der Waals surface area contributed by atoms with E-state index in [9.17, 15) is 9.59 Å². The van der Waals surface area contributed by atoms with E-state index in [4.69, 9.17) is 19.2 Å². The Morgan fingerprint density at radius 2 is 1.78 bits per heavy atom. The summed E-state index contributed by atoms with van der Waals surface area (Å²) in [6.07, 6.45) is 14.0. The molecule has 73 heavy (non-hydrogen) atoms. The predicted molar refractivity (Wildman–Crippen MR) is 284 cm³/mol. The van der Waals surface area contributed by atoms with Gasteiger partial charge in [0, 0.05) is 106 Å². The molecule has 3 aromatic rings. The number of methoxy groups -OCH3 is 1. The summed E-state index contributed by atoms with van der Waals surface area (Å²) in [4.78, 5) is 59.6. The highest BCUT2D eigenvalue weighted by Crippen LogP contribution is 2.44. The lowest BCUT2D eigenvalue weighted by atomic mass is 9.84. The molecule has 16 heteroatoms. The fraction of sp³-hybridized carbons (Fsp3) is 0.719. The largest absolute Gasteiger partial charge is 0.464 e. The summed E-state index contributed by atoms with van der Waals surface area (Å²) in [7, 11) is 1.76. The molecule has 1 aromatic carbocycles. The lowest BCUT2D eigenvalue weighted by Crippen LogP contribution is -2.62. The van der Waals surface area contributed by atoms with Crippen molar-refractivity contribution in [3.8, 4) is 11.3 Å². The quantitative estimate of drug-likeness (QED) is 0.214. The maximum absolute atomic E-state index is 15.0. The van der Waals surface area contributed by atoms with Crippen LogP contribution in [0.5, 0.6) is 0 Å². The molecule has 16 nitrogen and oxygen atoms in total. The van der Waals surface area contributed by atoms with Gasteiger partial charge in [-0.25, -0.2) is 5.43 Å². The fourth-order valence-electron chi connectivity index (χ4n) is 14.4. The lowest BCUT2D eigenvalue weighted by Gasteiger charge is -2.45. The average molecular weight is 1010 g/mol. The zero-order valence-corrected chi connectivity index (χ0v) is 44.6. The van der Waals surface area contributed by atoms with Gasteiger partial charge in [0.25, 0.3) is 5.91 Å². The van der Waals surface area contributed by atoms with E-state index in [2.05, 4.69) is 98.4 Å². The van der Waals surface area contributed by atoms with Crippen molar-refractivity contribution in [1.82, 2.24) is 40.4 Å². The predicted octanol–water partition coefficient (Wildman–Crippen LogP) is 6.05. The molecule has 7 fully saturated rings. The van der Waals surface area contributed by atoms with Crippen LogP contribution in [0.2, 0.25) is 0 Å².